The van der Waals surface area contributed by atoms with E-state index in [9.17, 15) is 4.39 Å². The molecule has 0 radical (unpaired) electrons. The molecule has 0 fully saturated rings. The van der Waals surface area contributed by atoms with Crippen molar-refractivity contribution in [2.75, 3.05) is 5.32 Å². The standard InChI is InChI=1S/C20H13ClFN7/c21-12-5-2-1-4-11(12)16-15(29-17-13(22)6-3-7-14(17)28-16)8-23-19-18-20(25-9-24-18)27-10-26-19/h1-7,9-10H,8H2,(H2,23,24,25,26,27). The van der Waals surface area contributed by atoms with Crippen molar-refractivity contribution in [2.45, 2.75) is 6.54 Å². The van der Waals surface area contributed by atoms with Crippen LogP contribution < -0.4 is 5.32 Å². The van der Waals surface area contributed by atoms with Crippen LogP contribution >= 0.6 is 11.6 Å². The second-order valence-corrected chi connectivity index (χ2v) is 6.69. The van der Waals surface area contributed by atoms with Crippen LogP contribution in [-0.4, -0.2) is 29.9 Å². The molecule has 0 bridgehead atoms. The third kappa shape index (κ3) is 3.13. The maximum absolute atomic E-state index is 14.3. The molecule has 0 amide bonds. The molecule has 0 aliphatic heterocycles. The van der Waals surface area contributed by atoms with E-state index < -0.39 is 5.82 Å². The Balaban J connectivity index is 1.63. The summed E-state index contributed by atoms with van der Waals surface area (Å²) in [6.07, 6.45) is 2.98. The number of imidazole rings is 1. The van der Waals surface area contributed by atoms with E-state index in [0.717, 1.165) is 5.56 Å². The van der Waals surface area contributed by atoms with Crippen molar-refractivity contribution in [1.29, 1.82) is 0 Å². The first-order valence-electron chi connectivity index (χ1n) is 8.78. The number of benzene rings is 2. The minimum Gasteiger partial charge on any atom is -0.362 e. The van der Waals surface area contributed by atoms with Gasteiger partial charge in [-0.3, -0.25) is 0 Å². The van der Waals surface area contributed by atoms with Gasteiger partial charge in [0.2, 0.25) is 0 Å². The highest BCUT2D eigenvalue weighted by Gasteiger charge is 2.16. The molecule has 9 heteroatoms. The number of fused-ring (bicyclic) bond motifs is 2. The minimum absolute atomic E-state index is 0.202. The number of anilines is 1. The number of nitrogens with zero attached hydrogens (tertiary/aromatic N) is 5. The fourth-order valence-corrected chi connectivity index (χ4v) is 3.36. The lowest BCUT2D eigenvalue weighted by atomic mass is 10.1. The summed E-state index contributed by atoms with van der Waals surface area (Å²) >= 11 is 6.40. The molecule has 142 valence electrons. The predicted molar refractivity (Wildman–Crippen MR) is 109 cm³/mol. The molecule has 3 heterocycles. The number of halogens is 2. The molecule has 5 rings (SSSR count). The van der Waals surface area contributed by atoms with E-state index >= 15 is 0 Å². The van der Waals surface area contributed by atoms with Crippen LogP contribution in [0, 0.1) is 5.82 Å². The molecule has 29 heavy (non-hydrogen) atoms. The highest BCUT2D eigenvalue weighted by atomic mass is 35.5. The normalized spacial score (nSPS) is 11.2. The molecule has 7 nitrogen and oxygen atoms in total. The summed E-state index contributed by atoms with van der Waals surface area (Å²) in [6.45, 7) is 0.247. The molecular weight excluding hydrogens is 393 g/mol. The number of nitrogens with one attached hydrogen (secondary N) is 2. The predicted octanol–water partition coefficient (Wildman–Crippen LogP) is 4.37. The fraction of sp³-hybridized carbons (Fsp3) is 0.0500. The smallest absolute Gasteiger partial charge is 0.162 e. The Morgan fingerprint density at radius 1 is 0.966 bits per heavy atom. The van der Waals surface area contributed by atoms with Crippen LogP contribution in [0.15, 0.2) is 55.1 Å². The molecule has 0 saturated heterocycles. The van der Waals surface area contributed by atoms with Gasteiger partial charge in [-0.15, -0.1) is 0 Å². The van der Waals surface area contributed by atoms with E-state index in [1.807, 2.05) is 18.2 Å². The number of hydrogen-bond acceptors (Lipinski definition) is 6. The molecule has 2 aromatic carbocycles. The van der Waals surface area contributed by atoms with Gasteiger partial charge < -0.3 is 10.3 Å². The van der Waals surface area contributed by atoms with Gasteiger partial charge in [0, 0.05) is 5.56 Å². The number of para-hydroxylation sites is 1. The van der Waals surface area contributed by atoms with Crippen molar-refractivity contribution in [3.05, 3.63) is 71.7 Å². The number of rotatable bonds is 4. The zero-order valence-corrected chi connectivity index (χ0v) is 15.7. The van der Waals surface area contributed by atoms with Gasteiger partial charge in [-0.2, -0.15) is 0 Å². The third-order valence-corrected chi connectivity index (χ3v) is 4.82. The third-order valence-electron chi connectivity index (χ3n) is 4.49. The lowest BCUT2D eigenvalue weighted by molar-refractivity contribution is 0.636. The Labute approximate surface area is 169 Å². The molecular formula is C20H13ClFN7. The summed E-state index contributed by atoms with van der Waals surface area (Å²) in [5.41, 5.74) is 3.72. The summed E-state index contributed by atoms with van der Waals surface area (Å²) in [5.74, 6) is 0.107. The number of aromatic nitrogens is 6. The first kappa shape index (κ1) is 17.4. The van der Waals surface area contributed by atoms with E-state index in [0.29, 0.717) is 38.9 Å². The number of aromatic amines is 1. The first-order valence-corrected chi connectivity index (χ1v) is 9.16. The highest BCUT2D eigenvalue weighted by Crippen LogP contribution is 2.30. The van der Waals surface area contributed by atoms with Gasteiger partial charge in [0.1, 0.15) is 17.4 Å². The number of H-pyrrole nitrogens is 1. The fourth-order valence-electron chi connectivity index (χ4n) is 3.13. The van der Waals surface area contributed by atoms with Crippen molar-refractivity contribution in [2.24, 2.45) is 0 Å². The van der Waals surface area contributed by atoms with E-state index in [1.54, 1.807) is 24.5 Å². The van der Waals surface area contributed by atoms with Crippen LogP contribution in [0.5, 0.6) is 0 Å². The molecule has 0 spiro atoms. The molecule has 0 saturated carbocycles. The van der Waals surface area contributed by atoms with Gasteiger partial charge in [0.05, 0.1) is 34.8 Å². The maximum Gasteiger partial charge on any atom is 0.162 e. The largest absolute Gasteiger partial charge is 0.362 e. The molecule has 2 N–H and O–H groups in total. The highest BCUT2D eigenvalue weighted by molar-refractivity contribution is 6.33. The van der Waals surface area contributed by atoms with Gasteiger partial charge in [0.25, 0.3) is 0 Å². The van der Waals surface area contributed by atoms with Crippen LogP contribution in [0.2, 0.25) is 5.02 Å². The van der Waals surface area contributed by atoms with Gasteiger partial charge in [-0.25, -0.2) is 29.3 Å². The topological polar surface area (TPSA) is 92.3 Å². The average Bonchev–Trinajstić information content (AvgIpc) is 3.22. The average molecular weight is 406 g/mol. The second kappa shape index (κ2) is 7.06. The summed E-state index contributed by atoms with van der Waals surface area (Å²) < 4.78 is 14.3. The van der Waals surface area contributed by atoms with E-state index in [2.05, 4.69) is 35.2 Å². The quantitative estimate of drug-likeness (QED) is 0.461. The Morgan fingerprint density at radius 3 is 2.76 bits per heavy atom. The van der Waals surface area contributed by atoms with E-state index in [-0.39, 0.29) is 12.1 Å². The van der Waals surface area contributed by atoms with Crippen LogP contribution in [-0.2, 0) is 6.54 Å². The lowest BCUT2D eigenvalue weighted by Crippen LogP contribution is -2.08. The van der Waals surface area contributed by atoms with Crippen molar-refractivity contribution in [3.63, 3.8) is 0 Å². The second-order valence-electron chi connectivity index (χ2n) is 6.28. The van der Waals surface area contributed by atoms with Crippen LogP contribution in [0.3, 0.4) is 0 Å². The van der Waals surface area contributed by atoms with Crippen LogP contribution in [0.4, 0.5) is 10.2 Å². The van der Waals surface area contributed by atoms with Crippen molar-refractivity contribution >= 4 is 39.6 Å². The summed E-state index contributed by atoms with van der Waals surface area (Å²) in [4.78, 5) is 24.7. The Kier molecular flexibility index (Phi) is 4.25. The molecule has 5 aromatic rings. The Bertz CT molecular complexity index is 1350. The van der Waals surface area contributed by atoms with Gasteiger partial charge in [-0.05, 0) is 18.2 Å². The SMILES string of the molecule is Fc1cccc2nc(-c3ccccc3Cl)c(CNc3ncnc4[nH]cnc34)nc12. The summed E-state index contributed by atoms with van der Waals surface area (Å²) in [6, 6.07) is 12.0. The van der Waals surface area contributed by atoms with Crippen molar-refractivity contribution in [1.82, 2.24) is 29.9 Å². The van der Waals surface area contributed by atoms with E-state index in [1.165, 1.54) is 12.4 Å². The monoisotopic (exact) mass is 405 g/mol. The van der Waals surface area contributed by atoms with Crippen LogP contribution in [0.1, 0.15) is 5.69 Å². The number of hydrogen-bond donors (Lipinski definition) is 2. The molecule has 0 aliphatic rings. The summed E-state index contributed by atoms with van der Waals surface area (Å²) in [5, 5.41) is 3.74. The van der Waals surface area contributed by atoms with Gasteiger partial charge in [0.15, 0.2) is 17.3 Å². The summed E-state index contributed by atoms with van der Waals surface area (Å²) in [7, 11) is 0. The van der Waals surface area contributed by atoms with Gasteiger partial charge in [-0.1, -0.05) is 35.9 Å². The molecule has 0 aliphatic carbocycles. The lowest BCUT2D eigenvalue weighted by Gasteiger charge is -2.13. The molecule has 0 unspecified atom stereocenters. The minimum atomic E-state index is -0.432. The van der Waals surface area contributed by atoms with Gasteiger partial charge >= 0.3 is 0 Å². The van der Waals surface area contributed by atoms with Crippen molar-refractivity contribution in [3.8, 4) is 11.3 Å². The van der Waals surface area contributed by atoms with E-state index in [4.69, 9.17) is 11.6 Å². The maximum atomic E-state index is 14.3. The first-order chi connectivity index (χ1) is 14.2. The molecule has 3 aromatic heterocycles. The Morgan fingerprint density at radius 2 is 1.86 bits per heavy atom. The zero-order valence-electron chi connectivity index (χ0n) is 14.9. The van der Waals surface area contributed by atoms with Crippen LogP contribution in [0.25, 0.3) is 33.5 Å². The zero-order chi connectivity index (χ0) is 19.8. The van der Waals surface area contributed by atoms with Crippen molar-refractivity contribution < 1.29 is 4.39 Å². The Hall–Kier alpha value is -3.65. The molecule has 0 atom stereocenters.